The van der Waals surface area contributed by atoms with E-state index < -0.39 is 0 Å². The zero-order valence-electron chi connectivity index (χ0n) is 10.2. The highest BCUT2D eigenvalue weighted by Crippen LogP contribution is 2.21. The Bertz CT molecular complexity index is 291. The number of hydrogen-bond acceptors (Lipinski definition) is 3. The van der Waals surface area contributed by atoms with Crippen LogP contribution < -0.4 is 11.1 Å². The lowest BCUT2D eigenvalue weighted by Gasteiger charge is -2.35. The van der Waals surface area contributed by atoms with Gasteiger partial charge >= 0.3 is 0 Å². The van der Waals surface area contributed by atoms with Crippen LogP contribution in [-0.2, 0) is 4.79 Å². The summed E-state index contributed by atoms with van der Waals surface area (Å²) in [6.07, 6.45) is 0.889. The van der Waals surface area contributed by atoms with Gasteiger partial charge in [0.25, 0.3) is 0 Å². The highest BCUT2D eigenvalue weighted by atomic mass is 32.1. The van der Waals surface area contributed by atoms with Crippen molar-refractivity contribution in [2.24, 2.45) is 11.1 Å². The number of amides is 1. The van der Waals surface area contributed by atoms with E-state index in [4.69, 9.17) is 18.0 Å². The second-order valence-electron chi connectivity index (χ2n) is 5.00. The van der Waals surface area contributed by atoms with Crippen LogP contribution >= 0.6 is 12.2 Å². The molecule has 16 heavy (non-hydrogen) atoms. The smallest absolute Gasteiger partial charge is 0.237 e. The van der Waals surface area contributed by atoms with E-state index in [2.05, 4.69) is 10.2 Å². The lowest BCUT2D eigenvalue weighted by Crippen LogP contribution is -2.54. The third-order valence-electron chi connectivity index (χ3n) is 3.32. The fourth-order valence-electron chi connectivity index (χ4n) is 1.68. The molecule has 5 heteroatoms. The largest absolute Gasteiger partial charge is 0.393 e. The van der Waals surface area contributed by atoms with E-state index in [9.17, 15) is 4.79 Å². The molecule has 0 saturated carbocycles. The summed E-state index contributed by atoms with van der Waals surface area (Å²) in [5.74, 6) is 0.111. The van der Waals surface area contributed by atoms with Crippen LogP contribution in [-0.4, -0.2) is 41.5 Å². The van der Waals surface area contributed by atoms with E-state index in [1.165, 1.54) is 0 Å². The van der Waals surface area contributed by atoms with Crippen LogP contribution in [0.15, 0.2) is 0 Å². The standard InChI is InChI=1S/C11H21N3OS/c1-8-9(15)13-5-7-14(8)6-4-11(2,3)10(12)16/h8H,4-7H2,1-3H3,(H2,12,16)(H,13,15). The zero-order valence-corrected chi connectivity index (χ0v) is 11.1. The molecular weight excluding hydrogens is 222 g/mol. The van der Waals surface area contributed by atoms with Crippen LogP contribution in [0.25, 0.3) is 0 Å². The first-order valence-corrected chi connectivity index (χ1v) is 6.07. The van der Waals surface area contributed by atoms with Gasteiger partial charge in [0.15, 0.2) is 0 Å². The topological polar surface area (TPSA) is 58.4 Å². The van der Waals surface area contributed by atoms with Crippen molar-refractivity contribution in [3.63, 3.8) is 0 Å². The minimum absolute atomic E-state index is 0.0455. The molecule has 1 rings (SSSR count). The summed E-state index contributed by atoms with van der Waals surface area (Å²) >= 11 is 5.03. The lowest BCUT2D eigenvalue weighted by molar-refractivity contribution is -0.128. The van der Waals surface area contributed by atoms with Gasteiger partial charge in [-0.05, 0) is 19.9 Å². The van der Waals surface area contributed by atoms with E-state index in [1.54, 1.807) is 0 Å². The normalized spacial score (nSPS) is 22.9. The number of piperazine rings is 1. The molecule has 1 aliphatic rings. The molecule has 0 aromatic heterocycles. The maximum Gasteiger partial charge on any atom is 0.237 e. The van der Waals surface area contributed by atoms with Crippen molar-refractivity contribution in [1.82, 2.24) is 10.2 Å². The van der Waals surface area contributed by atoms with Gasteiger partial charge in [0.05, 0.1) is 11.0 Å². The van der Waals surface area contributed by atoms with Gasteiger partial charge in [0, 0.05) is 18.5 Å². The average molecular weight is 243 g/mol. The third kappa shape index (κ3) is 3.15. The van der Waals surface area contributed by atoms with Crippen molar-refractivity contribution in [2.45, 2.75) is 33.2 Å². The maximum atomic E-state index is 11.5. The first-order chi connectivity index (χ1) is 7.34. The SMILES string of the molecule is CC1C(=O)NCCN1CCC(C)(C)C(N)=S. The average Bonchev–Trinajstić information content (AvgIpc) is 2.20. The summed E-state index contributed by atoms with van der Waals surface area (Å²) in [7, 11) is 0. The maximum absolute atomic E-state index is 11.5. The van der Waals surface area contributed by atoms with Gasteiger partial charge in [-0.1, -0.05) is 26.1 Å². The number of rotatable bonds is 4. The molecular formula is C11H21N3OS. The minimum atomic E-state index is -0.136. The van der Waals surface area contributed by atoms with E-state index in [0.717, 1.165) is 26.1 Å². The number of nitrogens with zero attached hydrogens (tertiary/aromatic N) is 1. The Labute approximate surface area is 103 Å². The summed E-state index contributed by atoms with van der Waals surface area (Å²) in [5, 5.41) is 2.85. The molecule has 4 nitrogen and oxygen atoms in total. The molecule has 0 radical (unpaired) electrons. The number of nitrogens with one attached hydrogen (secondary N) is 1. The molecule has 1 atom stereocenters. The fraction of sp³-hybridized carbons (Fsp3) is 0.818. The van der Waals surface area contributed by atoms with Crippen molar-refractivity contribution in [3.8, 4) is 0 Å². The minimum Gasteiger partial charge on any atom is -0.393 e. The summed E-state index contributed by atoms with van der Waals surface area (Å²) in [4.78, 5) is 14.2. The second kappa shape index (κ2) is 5.10. The van der Waals surface area contributed by atoms with Crippen LogP contribution in [0.1, 0.15) is 27.2 Å². The highest BCUT2D eigenvalue weighted by Gasteiger charge is 2.28. The zero-order chi connectivity index (χ0) is 12.3. The summed E-state index contributed by atoms with van der Waals surface area (Å²) < 4.78 is 0. The predicted octanol–water partition coefficient (Wildman–Crippen LogP) is 0.509. The number of carbonyl (C=O) groups excluding carboxylic acids is 1. The Morgan fingerprint density at radius 3 is 2.88 bits per heavy atom. The summed E-state index contributed by atoms with van der Waals surface area (Å²) in [6.45, 7) is 8.52. The van der Waals surface area contributed by atoms with Gasteiger partial charge < -0.3 is 11.1 Å². The van der Waals surface area contributed by atoms with Crippen LogP contribution in [0, 0.1) is 5.41 Å². The number of carbonyl (C=O) groups is 1. The Morgan fingerprint density at radius 1 is 1.69 bits per heavy atom. The molecule has 0 aromatic rings. The summed E-state index contributed by atoms with van der Waals surface area (Å²) in [6, 6.07) is -0.0455. The summed E-state index contributed by atoms with van der Waals surface area (Å²) in [5.41, 5.74) is 5.55. The first-order valence-electron chi connectivity index (χ1n) is 5.66. The van der Waals surface area contributed by atoms with Crippen molar-refractivity contribution < 1.29 is 4.79 Å². The van der Waals surface area contributed by atoms with Crippen LogP contribution in [0.3, 0.4) is 0 Å². The van der Waals surface area contributed by atoms with Gasteiger partial charge in [-0.15, -0.1) is 0 Å². The molecule has 1 heterocycles. The predicted molar refractivity (Wildman–Crippen MR) is 69.2 cm³/mol. The molecule has 1 unspecified atom stereocenters. The van der Waals surface area contributed by atoms with Crippen LogP contribution in [0.5, 0.6) is 0 Å². The van der Waals surface area contributed by atoms with Crippen LogP contribution in [0.2, 0.25) is 0 Å². The monoisotopic (exact) mass is 243 g/mol. The van der Waals surface area contributed by atoms with Gasteiger partial charge in [-0.25, -0.2) is 0 Å². The lowest BCUT2D eigenvalue weighted by atomic mass is 9.89. The second-order valence-corrected chi connectivity index (χ2v) is 5.44. The van der Waals surface area contributed by atoms with Crippen molar-refractivity contribution in [1.29, 1.82) is 0 Å². The first kappa shape index (κ1) is 13.4. The Morgan fingerprint density at radius 2 is 2.31 bits per heavy atom. The van der Waals surface area contributed by atoms with Gasteiger partial charge in [0.1, 0.15) is 0 Å². The molecule has 3 N–H and O–H groups in total. The molecule has 1 aliphatic heterocycles. The van der Waals surface area contributed by atoms with Crippen molar-refractivity contribution >= 4 is 23.1 Å². The van der Waals surface area contributed by atoms with E-state index in [1.807, 2.05) is 20.8 Å². The molecule has 0 bridgehead atoms. The van der Waals surface area contributed by atoms with E-state index >= 15 is 0 Å². The Kier molecular flexibility index (Phi) is 4.27. The molecule has 1 amide bonds. The van der Waals surface area contributed by atoms with Crippen molar-refractivity contribution in [2.75, 3.05) is 19.6 Å². The number of hydrogen-bond donors (Lipinski definition) is 2. The molecule has 92 valence electrons. The van der Waals surface area contributed by atoms with Crippen molar-refractivity contribution in [3.05, 3.63) is 0 Å². The molecule has 0 spiro atoms. The van der Waals surface area contributed by atoms with E-state index in [-0.39, 0.29) is 17.4 Å². The van der Waals surface area contributed by atoms with Gasteiger partial charge in [0.2, 0.25) is 5.91 Å². The molecule has 0 aromatic carbocycles. The fourth-order valence-corrected chi connectivity index (χ4v) is 1.78. The quantitative estimate of drug-likeness (QED) is 0.706. The molecule has 1 fully saturated rings. The molecule has 0 aliphatic carbocycles. The third-order valence-corrected chi connectivity index (χ3v) is 3.87. The molecule has 1 saturated heterocycles. The Balaban J connectivity index is 2.48. The number of thiocarbonyl (C=S) groups is 1. The van der Waals surface area contributed by atoms with E-state index in [0.29, 0.717) is 4.99 Å². The number of nitrogens with two attached hydrogens (primary N) is 1. The Hall–Kier alpha value is -0.680. The van der Waals surface area contributed by atoms with Crippen LogP contribution in [0.4, 0.5) is 0 Å². The van der Waals surface area contributed by atoms with Gasteiger partial charge in [-0.3, -0.25) is 9.69 Å². The van der Waals surface area contributed by atoms with Gasteiger partial charge in [-0.2, -0.15) is 0 Å². The highest BCUT2D eigenvalue weighted by molar-refractivity contribution is 7.80.